The fourth-order valence-corrected chi connectivity index (χ4v) is 8.57. The molecule has 0 amide bonds. The molecule has 0 saturated carbocycles. The maximum absolute atomic E-state index is 2.40. The van der Waals surface area contributed by atoms with Gasteiger partial charge in [-0.05, 0) is 88.6 Å². The lowest BCUT2D eigenvalue weighted by atomic mass is 10.0. The van der Waals surface area contributed by atoms with Crippen molar-refractivity contribution in [3.8, 4) is 16.8 Å². The Balaban J connectivity index is 1.17. The van der Waals surface area contributed by atoms with Crippen LogP contribution in [0, 0.1) is 0 Å². The standard InChI is InChI=1S/C46H30N2S/c1-2-12-35(13-3-1)48-43-16-8-6-14-39(43)40-26-24-37(29-44(40)48)47(38-25-27-42-41-15-7-9-17-45(41)49-46(42)30-38)36-22-20-32(21-23-36)34-19-18-31-10-4-5-11-33(31)28-34/h1-30H. The topological polar surface area (TPSA) is 8.17 Å². The highest BCUT2D eigenvalue weighted by Gasteiger charge is 2.18. The molecule has 8 aromatic carbocycles. The van der Waals surface area contributed by atoms with Crippen LogP contribution >= 0.6 is 11.3 Å². The normalized spacial score (nSPS) is 11.7. The van der Waals surface area contributed by atoms with Crippen molar-refractivity contribution in [2.45, 2.75) is 0 Å². The number of anilines is 3. The maximum Gasteiger partial charge on any atom is 0.0561 e. The Bertz CT molecular complexity index is 2830. The van der Waals surface area contributed by atoms with Gasteiger partial charge in [-0.15, -0.1) is 11.3 Å². The highest BCUT2D eigenvalue weighted by molar-refractivity contribution is 7.25. The predicted octanol–water partition coefficient (Wildman–Crippen LogP) is 13.4. The van der Waals surface area contributed by atoms with E-state index in [-0.39, 0.29) is 0 Å². The van der Waals surface area contributed by atoms with E-state index in [1.807, 2.05) is 11.3 Å². The monoisotopic (exact) mass is 642 g/mol. The first-order valence-electron chi connectivity index (χ1n) is 16.7. The molecule has 0 radical (unpaired) electrons. The lowest BCUT2D eigenvalue weighted by Crippen LogP contribution is -2.10. The predicted molar refractivity (Wildman–Crippen MR) is 211 cm³/mol. The Morgan fingerprint density at radius 2 is 0.980 bits per heavy atom. The number of para-hydroxylation sites is 2. The molecule has 0 aliphatic rings. The van der Waals surface area contributed by atoms with Crippen LogP contribution in [0.15, 0.2) is 182 Å². The van der Waals surface area contributed by atoms with E-state index in [1.165, 1.54) is 63.9 Å². The molecule has 0 unspecified atom stereocenters. The summed E-state index contributed by atoms with van der Waals surface area (Å²) in [5.74, 6) is 0. The van der Waals surface area contributed by atoms with Crippen molar-refractivity contribution in [1.82, 2.24) is 4.57 Å². The summed E-state index contributed by atoms with van der Waals surface area (Å²) in [6.45, 7) is 0. The first-order chi connectivity index (χ1) is 24.3. The molecule has 10 aromatic rings. The molecule has 0 spiro atoms. The van der Waals surface area contributed by atoms with Gasteiger partial charge in [0.05, 0.1) is 11.0 Å². The van der Waals surface area contributed by atoms with Crippen LogP contribution in [0.1, 0.15) is 0 Å². The van der Waals surface area contributed by atoms with Crippen LogP contribution in [0.3, 0.4) is 0 Å². The summed E-state index contributed by atoms with van der Waals surface area (Å²) in [6, 6.07) is 66.3. The van der Waals surface area contributed by atoms with Gasteiger partial charge in [-0.2, -0.15) is 0 Å². The minimum Gasteiger partial charge on any atom is -0.310 e. The van der Waals surface area contributed by atoms with Gasteiger partial charge < -0.3 is 9.47 Å². The fourth-order valence-electron chi connectivity index (χ4n) is 7.43. The van der Waals surface area contributed by atoms with Crippen molar-refractivity contribution in [3.05, 3.63) is 182 Å². The van der Waals surface area contributed by atoms with E-state index in [4.69, 9.17) is 0 Å². The minimum atomic E-state index is 1.12. The third-order valence-corrected chi connectivity index (χ3v) is 10.9. The van der Waals surface area contributed by atoms with Crippen molar-refractivity contribution in [2.75, 3.05) is 4.90 Å². The second-order valence-electron chi connectivity index (χ2n) is 12.6. The van der Waals surface area contributed by atoms with Crippen molar-refractivity contribution >= 4 is 81.1 Å². The summed E-state index contributed by atoms with van der Waals surface area (Å²) in [7, 11) is 0. The van der Waals surface area contributed by atoms with E-state index >= 15 is 0 Å². The highest BCUT2D eigenvalue weighted by atomic mass is 32.1. The SMILES string of the molecule is c1ccc(-n2c3ccccc3c3ccc(N(c4ccc(-c5ccc6ccccc6c5)cc4)c4ccc5c(c4)sc4ccccc45)cc32)cc1. The van der Waals surface area contributed by atoms with Gasteiger partial charge in [0.1, 0.15) is 0 Å². The van der Waals surface area contributed by atoms with E-state index in [0.29, 0.717) is 0 Å². The molecule has 0 atom stereocenters. The zero-order chi connectivity index (χ0) is 32.3. The molecule has 0 saturated heterocycles. The number of rotatable bonds is 5. The van der Waals surface area contributed by atoms with Crippen LogP contribution in [-0.2, 0) is 0 Å². The van der Waals surface area contributed by atoms with Gasteiger partial charge >= 0.3 is 0 Å². The van der Waals surface area contributed by atoms with E-state index in [2.05, 4.69) is 191 Å². The molecule has 0 fully saturated rings. The molecule has 0 bridgehead atoms. The van der Waals surface area contributed by atoms with Crippen LogP contribution in [0.2, 0.25) is 0 Å². The number of benzene rings is 8. The molecule has 0 aliphatic carbocycles. The Kier molecular flexibility index (Phi) is 6.39. The number of fused-ring (bicyclic) bond motifs is 7. The van der Waals surface area contributed by atoms with Crippen LogP contribution in [-0.4, -0.2) is 4.57 Å². The molecule has 2 aromatic heterocycles. The quantitative estimate of drug-likeness (QED) is 0.181. The summed E-state index contributed by atoms with van der Waals surface area (Å²) in [6.07, 6.45) is 0. The average Bonchev–Trinajstić information content (AvgIpc) is 3.70. The van der Waals surface area contributed by atoms with Gasteiger partial charge in [0.2, 0.25) is 0 Å². The number of hydrogen-bond acceptors (Lipinski definition) is 2. The van der Waals surface area contributed by atoms with Crippen molar-refractivity contribution in [2.24, 2.45) is 0 Å². The lowest BCUT2D eigenvalue weighted by molar-refractivity contribution is 1.18. The lowest BCUT2D eigenvalue weighted by Gasteiger charge is -2.26. The van der Waals surface area contributed by atoms with Crippen LogP contribution in [0.25, 0.3) is 69.6 Å². The number of thiophene rings is 1. The molecular weight excluding hydrogens is 613 g/mol. The molecule has 10 rings (SSSR count). The molecular formula is C46H30N2S. The highest BCUT2D eigenvalue weighted by Crippen LogP contribution is 2.43. The summed E-state index contributed by atoms with van der Waals surface area (Å²) in [5, 5.41) is 7.63. The maximum atomic E-state index is 2.40. The fraction of sp³-hybridized carbons (Fsp3) is 0. The van der Waals surface area contributed by atoms with Gasteiger partial charge in [-0.25, -0.2) is 0 Å². The summed E-state index contributed by atoms with van der Waals surface area (Å²) in [4.78, 5) is 2.40. The van der Waals surface area contributed by atoms with Gasteiger partial charge in [0.25, 0.3) is 0 Å². The largest absolute Gasteiger partial charge is 0.310 e. The molecule has 0 N–H and O–H groups in total. The average molecular weight is 643 g/mol. The zero-order valence-corrected chi connectivity index (χ0v) is 27.4. The summed E-state index contributed by atoms with van der Waals surface area (Å²) in [5.41, 5.74) is 9.34. The van der Waals surface area contributed by atoms with Gasteiger partial charge in [-0.3, -0.25) is 0 Å². The smallest absolute Gasteiger partial charge is 0.0561 e. The van der Waals surface area contributed by atoms with E-state index in [1.54, 1.807) is 0 Å². The number of nitrogens with zero attached hydrogens (tertiary/aromatic N) is 2. The van der Waals surface area contributed by atoms with Crippen molar-refractivity contribution in [1.29, 1.82) is 0 Å². The molecule has 3 heteroatoms. The third kappa shape index (κ3) is 4.62. The Hall–Kier alpha value is -6.16. The van der Waals surface area contributed by atoms with Crippen molar-refractivity contribution < 1.29 is 0 Å². The zero-order valence-electron chi connectivity index (χ0n) is 26.6. The van der Waals surface area contributed by atoms with Gasteiger partial charge in [-0.1, -0.05) is 115 Å². The Labute approximate surface area is 288 Å². The second kappa shape index (κ2) is 11.2. The Morgan fingerprint density at radius 3 is 1.84 bits per heavy atom. The molecule has 49 heavy (non-hydrogen) atoms. The van der Waals surface area contributed by atoms with Gasteiger partial charge in [0.15, 0.2) is 0 Å². The first-order valence-corrected chi connectivity index (χ1v) is 17.5. The van der Waals surface area contributed by atoms with Gasteiger partial charge in [0, 0.05) is 53.7 Å². The second-order valence-corrected chi connectivity index (χ2v) is 13.7. The van der Waals surface area contributed by atoms with Crippen LogP contribution in [0.5, 0.6) is 0 Å². The van der Waals surface area contributed by atoms with Crippen molar-refractivity contribution in [3.63, 3.8) is 0 Å². The first kappa shape index (κ1) is 27.9. The Morgan fingerprint density at radius 1 is 0.367 bits per heavy atom. The molecule has 230 valence electrons. The van der Waals surface area contributed by atoms with Crippen LogP contribution < -0.4 is 4.90 Å². The number of hydrogen-bond donors (Lipinski definition) is 0. The van der Waals surface area contributed by atoms with Crippen LogP contribution in [0.4, 0.5) is 17.1 Å². The minimum absolute atomic E-state index is 1.12. The van der Waals surface area contributed by atoms with E-state index < -0.39 is 0 Å². The molecule has 0 aliphatic heterocycles. The summed E-state index contributed by atoms with van der Waals surface area (Å²) >= 11 is 1.86. The molecule has 2 heterocycles. The van der Waals surface area contributed by atoms with E-state index in [0.717, 1.165) is 22.7 Å². The number of aromatic nitrogens is 1. The summed E-state index contributed by atoms with van der Waals surface area (Å²) < 4.78 is 5.00. The molecule has 2 nitrogen and oxygen atoms in total. The van der Waals surface area contributed by atoms with E-state index in [9.17, 15) is 0 Å². The third-order valence-electron chi connectivity index (χ3n) is 9.76.